The number of aromatic hydroxyl groups is 1. The lowest BCUT2D eigenvalue weighted by molar-refractivity contribution is -0.384. The zero-order valence-corrected chi connectivity index (χ0v) is 20.0. The van der Waals surface area contributed by atoms with Crippen molar-refractivity contribution < 1.29 is 10.0 Å². The first-order valence-electron chi connectivity index (χ1n) is 10.7. The van der Waals surface area contributed by atoms with Crippen molar-refractivity contribution in [2.45, 2.75) is 13.8 Å². The summed E-state index contributed by atoms with van der Waals surface area (Å²) in [4.78, 5) is 23.5. The molecule has 36 heavy (non-hydrogen) atoms. The number of aryl methyl sites for hydroxylation is 2. The minimum atomic E-state index is -0.476. The normalized spacial score (nSPS) is 10.9. The van der Waals surface area contributed by atoms with E-state index in [1.807, 2.05) is 32.0 Å². The van der Waals surface area contributed by atoms with Gasteiger partial charge in [0.25, 0.3) is 5.69 Å². The van der Waals surface area contributed by atoms with Crippen molar-refractivity contribution in [1.82, 2.24) is 15.0 Å². The largest absolute Gasteiger partial charge is 0.507 e. The predicted octanol–water partition coefficient (Wildman–Crippen LogP) is 5.69. The summed E-state index contributed by atoms with van der Waals surface area (Å²) in [5.74, 6) is 0.534. The molecule has 0 fully saturated rings. The number of nitro benzene ring substituents is 1. The fraction of sp³-hybridized carbons (Fsp3) is 0.0833. The molecule has 0 aliphatic rings. The molecule has 12 heteroatoms. The van der Waals surface area contributed by atoms with Crippen molar-refractivity contribution >= 4 is 52.7 Å². The van der Waals surface area contributed by atoms with Crippen molar-refractivity contribution in [2.75, 3.05) is 16.1 Å². The summed E-state index contributed by atoms with van der Waals surface area (Å²) in [6.07, 6.45) is 1.38. The smallest absolute Gasteiger partial charge is 0.269 e. The van der Waals surface area contributed by atoms with Crippen LogP contribution in [-0.4, -0.2) is 31.2 Å². The first-order chi connectivity index (χ1) is 17.3. The van der Waals surface area contributed by atoms with Crippen LogP contribution in [0.2, 0.25) is 5.02 Å². The summed E-state index contributed by atoms with van der Waals surface area (Å²) in [6, 6.07) is 16.3. The number of hydrogen-bond acceptors (Lipinski definition) is 10. The summed E-state index contributed by atoms with van der Waals surface area (Å²) in [5.41, 5.74) is 6.67. The molecular weight excluding hydrogens is 484 g/mol. The maximum absolute atomic E-state index is 10.9. The topological polar surface area (TPSA) is 150 Å². The second kappa shape index (κ2) is 10.7. The molecule has 0 aliphatic carbocycles. The maximum atomic E-state index is 10.9. The predicted molar refractivity (Wildman–Crippen MR) is 140 cm³/mol. The number of non-ortho nitro benzene ring substituents is 1. The van der Waals surface area contributed by atoms with Crippen LogP contribution in [0.4, 0.5) is 34.9 Å². The Labute approximate surface area is 211 Å². The number of phenols is 1. The average molecular weight is 505 g/mol. The average Bonchev–Trinajstić information content (AvgIpc) is 2.84. The van der Waals surface area contributed by atoms with Gasteiger partial charge in [0.15, 0.2) is 0 Å². The van der Waals surface area contributed by atoms with Gasteiger partial charge in [-0.25, -0.2) is 5.43 Å². The lowest BCUT2D eigenvalue weighted by Crippen LogP contribution is -2.07. The number of nitro groups is 1. The molecule has 4 N–H and O–H groups in total. The van der Waals surface area contributed by atoms with Gasteiger partial charge in [-0.1, -0.05) is 17.7 Å². The monoisotopic (exact) mass is 504 g/mol. The third kappa shape index (κ3) is 6.21. The molecular formula is C24H21ClN8O3. The standard InChI is InChI=1S/C24H21ClN8O3/c1-14-3-5-19(11-15(14)2)28-23-29-22(27-18-6-8-20(9-7-18)33(35)36)30-24(31-23)32-26-13-16-12-17(25)4-10-21(16)34/h3-13,34H,1-2H3,(H3,27,28,29,30,31,32)/b26-13+. The summed E-state index contributed by atoms with van der Waals surface area (Å²) in [5, 5.41) is 31.6. The zero-order chi connectivity index (χ0) is 25.7. The molecule has 1 aromatic heterocycles. The number of aromatic nitrogens is 3. The lowest BCUT2D eigenvalue weighted by Gasteiger charge is -2.11. The Hall–Kier alpha value is -4.77. The van der Waals surface area contributed by atoms with Gasteiger partial charge in [-0.05, 0) is 67.4 Å². The van der Waals surface area contributed by atoms with Gasteiger partial charge in [-0.2, -0.15) is 20.1 Å². The van der Waals surface area contributed by atoms with Crippen LogP contribution < -0.4 is 16.1 Å². The number of anilines is 5. The highest BCUT2D eigenvalue weighted by Gasteiger charge is 2.10. The van der Waals surface area contributed by atoms with E-state index in [1.165, 1.54) is 24.4 Å². The minimum Gasteiger partial charge on any atom is -0.507 e. The molecule has 1 heterocycles. The van der Waals surface area contributed by atoms with Crippen LogP contribution in [0.5, 0.6) is 5.75 Å². The molecule has 0 saturated heterocycles. The van der Waals surface area contributed by atoms with Gasteiger partial charge < -0.3 is 15.7 Å². The highest BCUT2D eigenvalue weighted by molar-refractivity contribution is 6.30. The molecule has 182 valence electrons. The molecule has 11 nitrogen and oxygen atoms in total. The van der Waals surface area contributed by atoms with E-state index in [0.29, 0.717) is 16.3 Å². The van der Waals surface area contributed by atoms with Gasteiger partial charge in [-0.3, -0.25) is 10.1 Å². The van der Waals surface area contributed by atoms with E-state index in [9.17, 15) is 15.2 Å². The summed E-state index contributed by atoms with van der Waals surface area (Å²) < 4.78 is 0. The van der Waals surface area contributed by atoms with E-state index in [1.54, 1.807) is 24.3 Å². The van der Waals surface area contributed by atoms with Gasteiger partial charge in [0.1, 0.15) is 5.75 Å². The molecule has 0 radical (unpaired) electrons. The number of rotatable bonds is 8. The Morgan fingerprint density at radius 2 is 1.53 bits per heavy atom. The zero-order valence-electron chi connectivity index (χ0n) is 19.2. The Morgan fingerprint density at radius 3 is 2.19 bits per heavy atom. The number of hydrazone groups is 1. The van der Waals surface area contributed by atoms with Crippen molar-refractivity contribution in [1.29, 1.82) is 0 Å². The van der Waals surface area contributed by atoms with Gasteiger partial charge >= 0.3 is 0 Å². The number of phenolic OH excluding ortho intramolecular Hbond substituents is 1. The van der Waals surface area contributed by atoms with Crippen molar-refractivity contribution in [2.24, 2.45) is 5.10 Å². The van der Waals surface area contributed by atoms with E-state index >= 15 is 0 Å². The fourth-order valence-corrected chi connectivity index (χ4v) is 3.25. The van der Waals surface area contributed by atoms with Gasteiger partial charge in [0, 0.05) is 34.1 Å². The van der Waals surface area contributed by atoms with Crippen molar-refractivity contribution in [3.8, 4) is 5.75 Å². The van der Waals surface area contributed by atoms with Crippen molar-refractivity contribution in [3.63, 3.8) is 0 Å². The Bertz CT molecular complexity index is 1440. The molecule has 3 aromatic carbocycles. The van der Waals surface area contributed by atoms with E-state index in [0.717, 1.165) is 16.8 Å². The molecule has 0 atom stereocenters. The Balaban J connectivity index is 1.61. The van der Waals surface area contributed by atoms with Crippen LogP contribution in [0.15, 0.2) is 65.8 Å². The third-order valence-electron chi connectivity index (χ3n) is 5.09. The quantitative estimate of drug-likeness (QED) is 0.135. The first-order valence-corrected chi connectivity index (χ1v) is 11.0. The summed E-state index contributed by atoms with van der Waals surface area (Å²) in [6.45, 7) is 4.02. The van der Waals surface area contributed by atoms with Crippen LogP contribution in [0.3, 0.4) is 0 Å². The summed E-state index contributed by atoms with van der Waals surface area (Å²) in [7, 11) is 0. The second-order valence-electron chi connectivity index (χ2n) is 7.73. The fourth-order valence-electron chi connectivity index (χ4n) is 3.07. The molecule has 0 saturated carbocycles. The number of benzene rings is 3. The number of halogens is 1. The Morgan fingerprint density at radius 1 is 0.889 bits per heavy atom. The van der Waals surface area contributed by atoms with E-state index in [-0.39, 0.29) is 29.3 Å². The van der Waals surface area contributed by atoms with Crippen LogP contribution >= 0.6 is 11.6 Å². The highest BCUT2D eigenvalue weighted by atomic mass is 35.5. The van der Waals surface area contributed by atoms with Crippen LogP contribution in [0, 0.1) is 24.0 Å². The van der Waals surface area contributed by atoms with E-state index in [4.69, 9.17) is 11.6 Å². The maximum Gasteiger partial charge on any atom is 0.269 e. The lowest BCUT2D eigenvalue weighted by atomic mass is 10.1. The van der Waals surface area contributed by atoms with Gasteiger partial charge in [0.2, 0.25) is 17.8 Å². The minimum absolute atomic E-state index is 0.0122. The van der Waals surface area contributed by atoms with Crippen molar-refractivity contribution in [3.05, 3.63) is 92.5 Å². The molecule has 0 bridgehead atoms. The molecule has 0 amide bonds. The number of nitrogens with zero attached hydrogens (tertiary/aromatic N) is 5. The molecule has 4 aromatic rings. The third-order valence-corrected chi connectivity index (χ3v) is 5.33. The SMILES string of the molecule is Cc1ccc(Nc2nc(N/N=C/c3cc(Cl)ccc3O)nc(Nc3ccc([N+](=O)[O-])cc3)n2)cc1C. The Kier molecular flexibility index (Phi) is 7.21. The van der Waals surface area contributed by atoms with Crippen LogP contribution in [0.1, 0.15) is 16.7 Å². The van der Waals surface area contributed by atoms with E-state index < -0.39 is 4.92 Å². The first kappa shape index (κ1) is 24.4. The molecule has 0 aliphatic heterocycles. The van der Waals surface area contributed by atoms with Gasteiger partial charge in [0.05, 0.1) is 11.1 Å². The highest BCUT2D eigenvalue weighted by Crippen LogP contribution is 2.23. The van der Waals surface area contributed by atoms with E-state index in [2.05, 4.69) is 36.1 Å². The molecule has 0 spiro atoms. The number of hydrogen-bond donors (Lipinski definition) is 4. The second-order valence-corrected chi connectivity index (χ2v) is 8.17. The molecule has 0 unspecified atom stereocenters. The molecule has 4 rings (SSSR count). The number of nitrogens with one attached hydrogen (secondary N) is 3. The summed E-state index contributed by atoms with van der Waals surface area (Å²) >= 11 is 5.98. The van der Waals surface area contributed by atoms with Gasteiger partial charge in [-0.15, -0.1) is 0 Å². The van der Waals surface area contributed by atoms with Crippen LogP contribution in [0.25, 0.3) is 0 Å². The van der Waals surface area contributed by atoms with Crippen LogP contribution in [-0.2, 0) is 0 Å².